The van der Waals surface area contributed by atoms with Gasteiger partial charge in [-0.1, -0.05) is 0 Å². The number of hydrogen-bond donors (Lipinski definition) is 2. The SMILES string of the molecule is COc1cc(C(=O)O)c(N)c(C(F)F)n1. The summed E-state index contributed by atoms with van der Waals surface area (Å²) in [6, 6.07) is 0.990. The average molecular weight is 218 g/mol. The zero-order chi connectivity index (χ0) is 11.6. The predicted molar refractivity (Wildman–Crippen MR) is 47.1 cm³/mol. The molecule has 1 heterocycles. The lowest BCUT2D eigenvalue weighted by atomic mass is 10.2. The second kappa shape index (κ2) is 4.07. The van der Waals surface area contributed by atoms with Crippen LogP contribution in [0.4, 0.5) is 14.5 Å². The highest BCUT2D eigenvalue weighted by Gasteiger charge is 2.21. The summed E-state index contributed by atoms with van der Waals surface area (Å²) in [5, 5.41) is 8.68. The molecular formula is C8H8F2N2O3. The molecule has 1 rings (SSSR count). The van der Waals surface area contributed by atoms with E-state index in [4.69, 9.17) is 10.8 Å². The van der Waals surface area contributed by atoms with E-state index in [0.717, 1.165) is 6.07 Å². The minimum absolute atomic E-state index is 0.211. The summed E-state index contributed by atoms with van der Waals surface area (Å²) < 4.78 is 29.4. The van der Waals surface area contributed by atoms with Crippen molar-refractivity contribution >= 4 is 11.7 Å². The first-order valence-corrected chi connectivity index (χ1v) is 3.83. The van der Waals surface area contributed by atoms with Crippen molar-refractivity contribution in [1.29, 1.82) is 0 Å². The molecule has 5 nitrogen and oxygen atoms in total. The topological polar surface area (TPSA) is 85.4 Å². The van der Waals surface area contributed by atoms with Gasteiger partial charge in [-0.05, 0) is 0 Å². The first-order valence-electron chi connectivity index (χ1n) is 3.83. The van der Waals surface area contributed by atoms with Crippen LogP contribution in [0.3, 0.4) is 0 Å². The molecule has 0 saturated carbocycles. The number of carbonyl (C=O) groups is 1. The molecule has 0 bridgehead atoms. The molecule has 0 unspecified atom stereocenters. The Kier molecular flexibility index (Phi) is 3.03. The number of rotatable bonds is 3. The Bertz CT molecular complexity index is 396. The number of ether oxygens (including phenoxy) is 1. The highest BCUT2D eigenvalue weighted by molar-refractivity contribution is 5.94. The molecule has 0 aliphatic heterocycles. The van der Waals surface area contributed by atoms with Gasteiger partial charge in [-0.15, -0.1) is 0 Å². The number of aromatic carboxylic acids is 1. The van der Waals surface area contributed by atoms with E-state index in [2.05, 4.69) is 9.72 Å². The summed E-state index contributed by atoms with van der Waals surface area (Å²) in [5.41, 5.74) is 3.45. The quantitative estimate of drug-likeness (QED) is 0.798. The van der Waals surface area contributed by atoms with Crippen LogP contribution in [0.25, 0.3) is 0 Å². The van der Waals surface area contributed by atoms with E-state index in [1.165, 1.54) is 7.11 Å². The zero-order valence-electron chi connectivity index (χ0n) is 7.70. The molecule has 82 valence electrons. The van der Waals surface area contributed by atoms with Crippen LogP contribution >= 0.6 is 0 Å². The Hall–Kier alpha value is -1.92. The number of nitrogens with two attached hydrogens (primary N) is 1. The Morgan fingerprint density at radius 2 is 2.27 bits per heavy atom. The molecule has 0 aliphatic carbocycles. The van der Waals surface area contributed by atoms with Crippen LogP contribution in [-0.2, 0) is 0 Å². The minimum atomic E-state index is -2.95. The molecule has 1 aromatic heterocycles. The molecule has 0 saturated heterocycles. The van der Waals surface area contributed by atoms with Crippen molar-refractivity contribution in [3.05, 3.63) is 17.3 Å². The second-order valence-corrected chi connectivity index (χ2v) is 2.62. The number of pyridine rings is 1. The van der Waals surface area contributed by atoms with E-state index in [0.29, 0.717) is 0 Å². The first-order chi connectivity index (χ1) is 6.97. The largest absolute Gasteiger partial charge is 0.481 e. The van der Waals surface area contributed by atoms with Crippen molar-refractivity contribution in [1.82, 2.24) is 4.98 Å². The molecule has 0 aliphatic rings. The predicted octanol–water partition coefficient (Wildman–Crippen LogP) is 1.31. The van der Waals surface area contributed by atoms with E-state index in [1.54, 1.807) is 0 Å². The fraction of sp³-hybridized carbons (Fsp3) is 0.250. The minimum Gasteiger partial charge on any atom is -0.481 e. The van der Waals surface area contributed by atoms with Gasteiger partial charge < -0.3 is 15.6 Å². The van der Waals surface area contributed by atoms with Crippen LogP contribution in [0.15, 0.2) is 6.07 Å². The van der Waals surface area contributed by atoms with Crippen molar-refractivity contribution < 1.29 is 23.4 Å². The number of hydrogen-bond acceptors (Lipinski definition) is 4. The second-order valence-electron chi connectivity index (χ2n) is 2.62. The summed E-state index contributed by atoms with van der Waals surface area (Å²) >= 11 is 0. The molecule has 0 radical (unpaired) electrons. The number of halogens is 2. The normalized spacial score (nSPS) is 10.4. The number of alkyl halides is 2. The number of carboxylic acid groups (broad SMARTS) is 1. The molecule has 0 amide bonds. The number of anilines is 1. The van der Waals surface area contributed by atoms with Crippen LogP contribution in [0, 0.1) is 0 Å². The fourth-order valence-electron chi connectivity index (χ4n) is 0.998. The summed E-state index contributed by atoms with van der Waals surface area (Å²) in [4.78, 5) is 14.0. The molecule has 1 aromatic rings. The maximum absolute atomic E-state index is 12.4. The first kappa shape index (κ1) is 11.2. The Balaban J connectivity index is 3.40. The number of nitrogen functional groups attached to an aromatic ring is 1. The van der Waals surface area contributed by atoms with Gasteiger partial charge in [0, 0.05) is 6.07 Å². The van der Waals surface area contributed by atoms with Crippen LogP contribution in [0.1, 0.15) is 22.5 Å². The lowest BCUT2D eigenvalue weighted by Gasteiger charge is -2.09. The van der Waals surface area contributed by atoms with E-state index in [9.17, 15) is 13.6 Å². The van der Waals surface area contributed by atoms with Crippen LogP contribution < -0.4 is 10.5 Å². The van der Waals surface area contributed by atoms with Gasteiger partial charge in [-0.3, -0.25) is 0 Å². The number of aromatic nitrogens is 1. The summed E-state index contributed by atoms with van der Waals surface area (Å²) in [5.74, 6) is -1.62. The number of nitrogens with zero attached hydrogens (tertiary/aromatic N) is 1. The molecule has 3 N–H and O–H groups in total. The smallest absolute Gasteiger partial charge is 0.338 e. The zero-order valence-corrected chi connectivity index (χ0v) is 7.70. The van der Waals surface area contributed by atoms with Gasteiger partial charge in [0.1, 0.15) is 5.69 Å². The Morgan fingerprint density at radius 1 is 1.67 bits per heavy atom. The van der Waals surface area contributed by atoms with Gasteiger partial charge in [-0.25, -0.2) is 18.6 Å². The standard InChI is InChI=1S/C8H8F2N2O3/c1-15-4-2-3(8(13)14)5(11)6(12-4)7(9)10/h2,7H,11H2,1H3,(H,13,14). The van der Waals surface area contributed by atoms with E-state index in [-0.39, 0.29) is 5.88 Å². The molecule has 0 spiro atoms. The van der Waals surface area contributed by atoms with Crippen molar-refractivity contribution in [3.8, 4) is 5.88 Å². The van der Waals surface area contributed by atoms with Gasteiger partial charge in [0.15, 0.2) is 0 Å². The van der Waals surface area contributed by atoms with Gasteiger partial charge in [0.05, 0.1) is 18.4 Å². The third kappa shape index (κ3) is 2.12. The van der Waals surface area contributed by atoms with Gasteiger partial charge in [-0.2, -0.15) is 0 Å². The van der Waals surface area contributed by atoms with E-state index in [1.807, 2.05) is 0 Å². The average Bonchev–Trinajstić information content (AvgIpc) is 2.17. The van der Waals surface area contributed by atoms with Crippen LogP contribution in [0.5, 0.6) is 5.88 Å². The highest BCUT2D eigenvalue weighted by Crippen LogP contribution is 2.28. The Morgan fingerprint density at radius 3 is 2.67 bits per heavy atom. The highest BCUT2D eigenvalue weighted by atomic mass is 19.3. The monoisotopic (exact) mass is 218 g/mol. The van der Waals surface area contributed by atoms with Crippen molar-refractivity contribution in [3.63, 3.8) is 0 Å². The molecule has 7 heteroatoms. The van der Waals surface area contributed by atoms with E-state index >= 15 is 0 Å². The summed E-state index contributed by atoms with van der Waals surface area (Å²) in [6.45, 7) is 0. The van der Waals surface area contributed by atoms with Crippen LogP contribution in [-0.4, -0.2) is 23.2 Å². The van der Waals surface area contributed by atoms with Crippen molar-refractivity contribution in [2.24, 2.45) is 0 Å². The molecule has 0 atom stereocenters. The maximum atomic E-state index is 12.4. The summed E-state index contributed by atoms with van der Waals surface area (Å²) in [6.07, 6.45) is -2.95. The summed E-state index contributed by atoms with van der Waals surface area (Å²) in [7, 11) is 1.19. The van der Waals surface area contributed by atoms with Crippen molar-refractivity contribution in [2.45, 2.75) is 6.43 Å². The van der Waals surface area contributed by atoms with Crippen LogP contribution in [0.2, 0.25) is 0 Å². The molecular weight excluding hydrogens is 210 g/mol. The molecule has 0 fully saturated rings. The fourth-order valence-corrected chi connectivity index (χ4v) is 0.998. The third-order valence-electron chi connectivity index (χ3n) is 1.71. The number of methoxy groups -OCH3 is 1. The van der Waals surface area contributed by atoms with Gasteiger partial charge >= 0.3 is 5.97 Å². The lowest BCUT2D eigenvalue weighted by Crippen LogP contribution is -2.09. The van der Waals surface area contributed by atoms with Gasteiger partial charge in [0.25, 0.3) is 6.43 Å². The van der Waals surface area contributed by atoms with Crippen molar-refractivity contribution in [2.75, 3.05) is 12.8 Å². The lowest BCUT2D eigenvalue weighted by molar-refractivity contribution is 0.0697. The third-order valence-corrected chi connectivity index (χ3v) is 1.71. The van der Waals surface area contributed by atoms with Gasteiger partial charge in [0.2, 0.25) is 5.88 Å². The molecule has 15 heavy (non-hydrogen) atoms. The number of carboxylic acids is 1. The molecule has 0 aromatic carbocycles. The van der Waals surface area contributed by atoms with E-state index < -0.39 is 29.3 Å². The maximum Gasteiger partial charge on any atom is 0.338 e. The Labute approximate surface area is 83.5 Å².